The lowest BCUT2D eigenvalue weighted by Crippen LogP contribution is -2.48. The lowest BCUT2D eigenvalue weighted by Gasteiger charge is -2.39. The van der Waals surface area contributed by atoms with Crippen LogP contribution in [0.1, 0.15) is 0 Å². The van der Waals surface area contributed by atoms with Crippen molar-refractivity contribution in [1.82, 2.24) is 14.8 Å². The normalized spacial score (nSPS) is 15.6. The van der Waals surface area contributed by atoms with Gasteiger partial charge in [-0.15, -0.1) is 0 Å². The van der Waals surface area contributed by atoms with Crippen LogP contribution in [0.4, 0.5) is 5.13 Å². The lowest BCUT2D eigenvalue weighted by atomic mass is 10.0. The highest BCUT2D eigenvalue weighted by Crippen LogP contribution is 2.35. The number of hydrogen-bond acceptors (Lipinski definition) is 4. The van der Waals surface area contributed by atoms with Crippen LogP contribution in [0, 0.1) is 5.92 Å². The summed E-state index contributed by atoms with van der Waals surface area (Å²) in [6.45, 7) is 2.89. The minimum Gasteiger partial charge on any atom is -0.347 e. The average molecular weight is 339 g/mol. The van der Waals surface area contributed by atoms with E-state index in [0.717, 1.165) is 40.0 Å². The molecule has 108 valence electrons. The molecule has 0 aliphatic carbocycles. The maximum atomic E-state index is 6.18. The van der Waals surface area contributed by atoms with Crippen molar-refractivity contribution in [3.8, 4) is 0 Å². The van der Waals surface area contributed by atoms with Gasteiger partial charge in [-0.05, 0) is 12.1 Å². The topological polar surface area (TPSA) is 34.0 Å². The molecule has 21 heavy (non-hydrogen) atoms. The molecule has 0 amide bonds. The number of anilines is 1. The molecule has 2 aromatic heterocycles. The molecule has 0 radical (unpaired) electrons. The number of thiazole rings is 1. The smallest absolute Gasteiger partial charge is 0.186 e. The monoisotopic (exact) mass is 338 g/mol. The zero-order valence-electron chi connectivity index (χ0n) is 11.0. The lowest BCUT2D eigenvalue weighted by molar-refractivity contribution is 0.342. The number of hydrogen-bond donors (Lipinski definition) is 0. The second kappa shape index (κ2) is 5.16. The third-order valence-corrected chi connectivity index (χ3v) is 5.21. The van der Waals surface area contributed by atoms with E-state index in [9.17, 15) is 0 Å². The molecule has 0 unspecified atom stereocenters. The number of aromatic nitrogens is 3. The van der Waals surface area contributed by atoms with Crippen molar-refractivity contribution >= 4 is 49.9 Å². The second-order valence-corrected chi connectivity index (χ2v) is 7.09. The van der Waals surface area contributed by atoms with Gasteiger partial charge in [-0.25, -0.2) is 4.98 Å². The Morgan fingerprint density at radius 1 is 1.29 bits per heavy atom. The van der Waals surface area contributed by atoms with Gasteiger partial charge in [0.15, 0.2) is 5.13 Å². The quantitative estimate of drug-likeness (QED) is 0.725. The van der Waals surface area contributed by atoms with E-state index in [0.29, 0.717) is 10.9 Å². The summed E-state index contributed by atoms with van der Waals surface area (Å²) in [4.78, 5) is 6.94. The van der Waals surface area contributed by atoms with Crippen molar-refractivity contribution in [2.45, 2.75) is 6.54 Å². The Kier molecular flexibility index (Phi) is 3.28. The van der Waals surface area contributed by atoms with E-state index in [4.69, 9.17) is 23.2 Å². The first-order chi connectivity index (χ1) is 10.2. The molecule has 0 bridgehead atoms. The van der Waals surface area contributed by atoms with Crippen LogP contribution in [0.3, 0.4) is 0 Å². The van der Waals surface area contributed by atoms with E-state index in [1.807, 2.05) is 23.0 Å². The van der Waals surface area contributed by atoms with Crippen LogP contribution in [0.25, 0.3) is 10.2 Å². The molecule has 0 spiro atoms. The van der Waals surface area contributed by atoms with Crippen LogP contribution in [0.15, 0.2) is 30.6 Å². The van der Waals surface area contributed by atoms with Gasteiger partial charge < -0.3 is 4.90 Å². The molecule has 0 atom stereocenters. The Morgan fingerprint density at radius 3 is 2.86 bits per heavy atom. The summed E-state index contributed by atoms with van der Waals surface area (Å²) in [7, 11) is 0. The fraction of sp³-hybridized carbons (Fsp3) is 0.286. The highest BCUT2D eigenvalue weighted by Gasteiger charge is 2.29. The highest BCUT2D eigenvalue weighted by atomic mass is 35.5. The molecule has 1 fully saturated rings. The molecule has 1 aliphatic heterocycles. The zero-order chi connectivity index (χ0) is 14.4. The number of halogens is 2. The van der Waals surface area contributed by atoms with Crippen molar-refractivity contribution in [3.63, 3.8) is 0 Å². The van der Waals surface area contributed by atoms with Crippen LogP contribution in [-0.2, 0) is 6.54 Å². The van der Waals surface area contributed by atoms with Crippen molar-refractivity contribution < 1.29 is 0 Å². The Labute approximate surface area is 135 Å². The van der Waals surface area contributed by atoms with Crippen molar-refractivity contribution in [1.29, 1.82) is 0 Å². The van der Waals surface area contributed by atoms with Crippen molar-refractivity contribution in [2.75, 3.05) is 18.0 Å². The highest BCUT2D eigenvalue weighted by molar-refractivity contribution is 7.22. The fourth-order valence-electron chi connectivity index (χ4n) is 2.58. The third kappa shape index (κ3) is 2.50. The Morgan fingerprint density at radius 2 is 2.14 bits per heavy atom. The largest absolute Gasteiger partial charge is 0.347 e. The Balaban J connectivity index is 1.45. The van der Waals surface area contributed by atoms with Crippen LogP contribution in [0.2, 0.25) is 10.0 Å². The molecule has 0 N–H and O–H groups in total. The first kappa shape index (κ1) is 13.4. The summed E-state index contributed by atoms with van der Waals surface area (Å²) < 4.78 is 3.04. The number of benzene rings is 1. The van der Waals surface area contributed by atoms with E-state index in [1.165, 1.54) is 0 Å². The Hall–Kier alpha value is -1.30. The third-order valence-electron chi connectivity index (χ3n) is 3.63. The summed E-state index contributed by atoms with van der Waals surface area (Å²) >= 11 is 13.7. The average Bonchev–Trinajstić information content (AvgIpc) is 3.00. The Bertz CT molecular complexity index is 791. The van der Waals surface area contributed by atoms with Gasteiger partial charge in [0.2, 0.25) is 0 Å². The number of rotatable bonds is 3. The van der Waals surface area contributed by atoms with Gasteiger partial charge >= 0.3 is 0 Å². The van der Waals surface area contributed by atoms with Crippen LogP contribution in [-0.4, -0.2) is 27.9 Å². The summed E-state index contributed by atoms with van der Waals surface area (Å²) in [6, 6.07) is 5.91. The molecule has 7 heteroatoms. The molecule has 0 saturated carbocycles. The molecule has 1 aliphatic rings. The number of para-hydroxylation sites is 1. The standard InChI is InChI=1S/C14H12Cl2N4S/c15-10-4-17-20(8-10)7-9-5-19(6-9)14-18-13-11(16)2-1-3-12(13)21-14/h1-4,8-9H,5-7H2. The first-order valence-corrected chi connectivity index (χ1v) is 8.24. The molecule has 3 aromatic rings. The molecule has 4 rings (SSSR count). The molecular formula is C14H12Cl2N4S. The molecular weight excluding hydrogens is 327 g/mol. The van der Waals surface area contributed by atoms with E-state index in [1.54, 1.807) is 17.5 Å². The van der Waals surface area contributed by atoms with Crippen LogP contribution in [0.5, 0.6) is 0 Å². The van der Waals surface area contributed by atoms with Crippen molar-refractivity contribution in [3.05, 3.63) is 40.6 Å². The van der Waals surface area contributed by atoms with E-state index in [2.05, 4.69) is 21.0 Å². The second-order valence-electron chi connectivity index (χ2n) is 5.23. The molecule has 1 aromatic carbocycles. The minimum atomic E-state index is 0.587. The van der Waals surface area contributed by atoms with Gasteiger partial charge in [0, 0.05) is 31.7 Å². The zero-order valence-corrected chi connectivity index (χ0v) is 13.4. The predicted molar refractivity (Wildman–Crippen MR) is 87.6 cm³/mol. The number of fused-ring (bicyclic) bond motifs is 1. The van der Waals surface area contributed by atoms with Gasteiger partial charge in [0.05, 0.1) is 20.9 Å². The van der Waals surface area contributed by atoms with Gasteiger partial charge in [-0.3, -0.25) is 4.68 Å². The summed E-state index contributed by atoms with van der Waals surface area (Å²) in [5.74, 6) is 0.587. The fourth-order valence-corrected chi connectivity index (χ4v) is 4.02. The SMILES string of the molecule is Clc1cnn(CC2CN(c3nc4c(Cl)cccc4s3)C2)c1. The maximum absolute atomic E-state index is 6.18. The summed E-state index contributed by atoms with van der Waals surface area (Å²) in [6.07, 6.45) is 3.54. The predicted octanol–water partition coefficient (Wildman–Crippen LogP) is 3.94. The van der Waals surface area contributed by atoms with Gasteiger partial charge in [0.1, 0.15) is 5.52 Å². The van der Waals surface area contributed by atoms with E-state index >= 15 is 0 Å². The first-order valence-electron chi connectivity index (χ1n) is 6.67. The van der Waals surface area contributed by atoms with Crippen LogP contribution >= 0.6 is 34.5 Å². The summed E-state index contributed by atoms with van der Waals surface area (Å²) in [5, 5.41) is 6.67. The molecule has 1 saturated heterocycles. The molecule has 3 heterocycles. The van der Waals surface area contributed by atoms with Gasteiger partial charge in [-0.2, -0.15) is 5.10 Å². The van der Waals surface area contributed by atoms with E-state index < -0.39 is 0 Å². The number of nitrogens with zero attached hydrogens (tertiary/aromatic N) is 4. The minimum absolute atomic E-state index is 0.587. The maximum Gasteiger partial charge on any atom is 0.186 e. The van der Waals surface area contributed by atoms with Crippen molar-refractivity contribution in [2.24, 2.45) is 5.92 Å². The molecule has 4 nitrogen and oxygen atoms in total. The summed E-state index contributed by atoms with van der Waals surface area (Å²) in [5.41, 5.74) is 0.904. The van der Waals surface area contributed by atoms with Gasteiger partial charge in [0.25, 0.3) is 0 Å². The van der Waals surface area contributed by atoms with E-state index in [-0.39, 0.29) is 0 Å². The van der Waals surface area contributed by atoms with Crippen LogP contribution < -0.4 is 4.90 Å². The van der Waals surface area contributed by atoms with Gasteiger partial charge in [-0.1, -0.05) is 40.6 Å².